The van der Waals surface area contributed by atoms with Gasteiger partial charge in [-0.15, -0.1) is 0 Å². The van der Waals surface area contributed by atoms with Crippen LogP contribution < -0.4 is 5.32 Å². The number of nitrogens with one attached hydrogen (secondary N) is 1. The third kappa shape index (κ3) is 1.88. The van der Waals surface area contributed by atoms with Gasteiger partial charge in [-0.25, -0.2) is 8.78 Å². The van der Waals surface area contributed by atoms with Gasteiger partial charge in [0.15, 0.2) is 0 Å². The molecule has 0 saturated carbocycles. The molecule has 0 aliphatic heterocycles. The Kier molecular flexibility index (Phi) is 2.49. The third-order valence-corrected chi connectivity index (χ3v) is 2.30. The summed E-state index contributed by atoms with van der Waals surface area (Å²) in [5.41, 5.74) is 0.202. The van der Waals surface area contributed by atoms with E-state index in [1.165, 1.54) is 6.07 Å². The second kappa shape index (κ2) is 3.81. The minimum Gasteiger partial charge on any atom is -0.317 e. The Hall–Kier alpha value is -1.71. The summed E-state index contributed by atoms with van der Waals surface area (Å²) < 4.78 is 26.2. The lowest BCUT2D eigenvalue weighted by molar-refractivity contribution is -0.113. The maximum Gasteiger partial charge on any atom is 0.251 e. The molecule has 0 bridgehead atoms. The first-order chi connectivity index (χ1) is 7.18. The molecular formula is C11H9F2NO. The van der Waals surface area contributed by atoms with Gasteiger partial charge in [0.05, 0.1) is 0 Å². The smallest absolute Gasteiger partial charge is 0.251 e. The van der Waals surface area contributed by atoms with Crippen LogP contribution in [0.5, 0.6) is 0 Å². The molecule has 1 aromatic rings. The van der Waals surface area contributed by atoms with Crippen LogP contribution in [0.3, 0.4) is 0 Å². The highest BCUT2D eigenvalue weighted by molar-refractivity contribution is 6.04. The third-order valence-electron chi connectivity index (χ3n) is 2.30. The maximum atomic E-state index is 13.1. The predicted molar refractivity (Wildman–Crippen MR) is 52.3 cm³/mol. The molecule has 0 atom stereocenters. The largest absolute Gasteiger partial charge is 0.317 e. The van der Waals surface area contributed by atoms with Crippen LogP contribution in [-0.2, 0) is 4.79 Å². The second-order valence-electron chi connectivity index (χ2n) is 3.32. The van der Waals surface area contributed by atoms with Crippen molar-refractivity contribution in [1.29, 1.82) is 0 Å². The quantitative estimate of drug-likeness (QED) is 0.797. The van der Waals surface area contributed by atoms with E-state index >= 15 is 0 Å². The Morgan fingerprint density at radius 2 is 1.87 bits per heavy atom. The fraction of sp³-hybridized carbons (Fsp3) is 0.182. The highest BCUT2D eigenvalue weighted by Gasteiger charge is 2.17. The molecule has 0 fully saturated rings. The lowest BCUT2D eigenvalue weighted by atomic mass is 9.98. The van der Waals surface area contributed by atoms with E-state index in [0.29, 0.717) is 12.0 Å². The maximum absolute atomic E-state index is 13.1. The van der Waals surface area contributed by atoms with Crippen LogP contribution in [0.25, 0.3) is 0 Å². The second-order valence-corrected chi connectivity index (χ2v) is 3.32. The average molecular weight is 209 g/mol. The Labute approximate surface area is 85.6 Å². The Morgan fingerprint density at radius 1 is 1.27 bits per heavy atom. The molecule has 1 aliphatic rings. The molecule has 0 aromatic heterocycles. The van der Waals surface area contributed by atoms with E-state index in [1.54, 1.807) is 6.08 Å². The zero-order chi connectivity index (χ0) is 10.8. The molecule has 1 aliphatic carbocycles. The van der Waals surface area contributed by atoms with Crippen LogP contribution in [0.1, 0.15) is 12.8 Å². The minimum absolute atomic E-state index is 0.379. The van der Waals surface area contributed by atoms with Crippen molar-refractivity contribution in [3.8, 4) is 0 Å². The Balaban J connectivity index is 2.20. The number of rotatable bonds is 2. The van der Waals surface area contributed by atoms with Gasteiger partial charge >= 0.3 is 0 Å². The van der Waals surface area contributed by atoms with Gasteiger partial charge in [-0.05, 0) is 25.0 Å². The molecule has 0 spiro atoms. The van der Waals surface area contributed by atoms with E-state index in [1.807, 2.05) is 0 Å². The van der Waals surface area contributed by atoms with E-state index < -0.39 is 17.5 Å². The predicted octanol–water partition coefficient (Wildman–Crippen LogP) is 2.62. The van der Waals surface area contributed by atoms with Crippen molar-refractivity contribution in [1.82, 2.24) is 0 Å². The first-order valence-electron chi connectivity index (χ1n) is 4.63. The topological polar surface area (TPSA) is 29.1 Å². The monoisotopic (exact) mass is 209 g/mol. The van der Waals surface area contributed by atoms with E-state index in [0.717, 1.165) is 18.6 Å². The molecule has 2 nitrogen and oxygen atoms in total. The lowest BCUT2D eigenvalue weighted by Crippen LogP contribution is -2.19. The summed E-state index contributed by atoms with van der Waals surface area (Å²) in [6.45, 7) is 0. The first-order valence-corrected chi connectivity index (χ1v) is 4.63. The van der Waals surface area contributed by atoms with E-state index in [9.17, 15) is 13.6 Å². The average Bonchev–Trinajstić information content (AvgIpc) is 2.08. The van der Waals surface area contributed by atoms with Gasteiger partial charge in [0.25, 0.3) is 5.91 Å². The zero-order valence-corrected chi connectivity index (χ0v) is 7.89. The number of hydrogen-bond donors (Lipinski definition) is 1. The van der Waals surface area contributed by atoms with Crippen LogP contribution in [0.15, 0.2) is 29.8 Å². The molecule has 15 heavy (non-hydrogen) atoms. The Bertz CT molecular complexity index is 420. The van der Waals surface area contributed by atoms with Crippen molar-refractivity contribution in [3.05, 3.63) is 41.5 Å². The molecule has 0 unspecified atom stereocenters. The van der Waals surface area contributed by atoms with Crippen molar-refractivity contribution in [2.45, 2.75) is 12.8 Å². The fourth-order valence-electron chi connectivity index (χ4n) is 1.31. The molecule has 0 saturated heterocycles. The number of hydrogen-bond acceptors (Lipinski definition) is 1. The summed E-state index contributed by atoms with van der Waals surface area (Å²) in [5.74, 6) is -1.95. The molecule has 78 valence electrons. The van der Waals surface area contributed by atoms with Crippen LogP contribution in [-0.4, -0.2) is 5.91 Å². The van der Waals surface area contributed by atoms with Crippen molar-refractivity contribution in [2.24, 2.45) is 0 Å². The number of benzene rings is 1. The van der Waals surface area contributed by atoms with Gasteiger partial charge in [0.1, 0.15) is 17.3 Å². The zero-order valence-electron chi connectivity index (χ0n) is 7.89. The molecule has 1 aromatic carbocycles. The molecule has 0 heterocycles. The van der Waals surface area contributed by atoms with Gasteiger partial charge in [-0.2, -0.15) is 0 Å². The van der Waals surface area contributed by atoms with Crippen molar-refractivity contribution in [2.75, 3.05) is 5.32 Å². The summed E-state index contributed by atoms with van der Waals surface area (Å²) in [4.78, 5) is 11.4. The number of carbonyl (C=O) groups is 1. The number of anilines is 1. The summed E-state index contributed by atoms with van der Waals surface area (Å²) in [7, 11) is 0. The number of allylic oxidation sites excluding steroid dienone is 1. The van der Waals surface area contributed by atoms with Crippen LogP contribution in [0.4, 0.5) is 14.5 Å². The van der Waals surface area contributed by atoms with Gasteiger partial charge < -0.3 is 5.32 Å². The standard InChI is InChI=1S/C11H9F2NO/c12-8-5-2-6-9(13)10(8)14-11(15)7-3-1-4-7/h2-3,5-6H,1,4H2,(H,14,15). The molecule has 1 amide bonds. The fourth-order valence-corrected chi connectivity index (χ4v) is 1.31. The first kappa shape index (κ1) is 9.83. The van der Waals surface area contributed by atoms with E-state index in [2.05, 4.69) is 5.32 Å². The van der Waals surface area contributed by atoms with Crippen molar-refractivity contribution >= 4 is 11.6 Å². The SMILES string of the molecule is O=C(Nc1c(F)cccc1F)C1=CCC1. The van der Waals surface area contributed by atoms with Gasteiger partial charge in [0, 0.05) is 5.57 Å². The number of carbonyl (C=O) groups excluding carboxylic acids is 1. The van der Waals surface area contributed by atoms with Gasteiger partial charge in [-0.3, -0.25) is 4.79 Å². The lowest BCUT2D eigenvalue weighted by Gasteiger charge is -2.14. The van der Waals surface area contributed by atoms with E-state index in [4.69, 9.17) is 0 Å². The number of para-hydroxylation sites is 1. The summed E-state index contributed by atoms with van der Waals surface area (Å²) in [5, 5.41) is 2.22. The Morgan fingerprint density at radius 3 is 2.33 bits per heavy atom. The highest BCUT2D eigenvalue weighted by atomic mass is 19.1. The molecule has 2 rings (SSSR count). The normalized spacial score (nSPS) is 14.1. The van der Waals surface area contributed by atoms with Crippen molar-refractivity contribution in [3.63, 3.8) is 0 Å². The van der Waals surface area contributed by atoms with Crippen LogP contribution in [0.2, 0.25) is 0 Å². The molecule has 4 heteroatoms. The molecular weight excluding hydrogens is 200 g/mol. The van der Waals surface area contributed by atoms with Crippen molar-refractivity contribution < 1.29 is 13.6 Å². The molecule has 0 radical (unpaired) electrons. The summed E-state index contributed by atoms with van der Waals surface area (Å²) >= 11 is 0. The highest BCUT2D eigenvalue weighted by Crippen LogP contribution is 2.22. The van der Waals surface area contributed by atoms with Gasteiger partial charge in [0.2, 0.25) is 0 Å². The van der Waals surface area contributed by atoms with Crippen LogP contribution >= 0.6 is 0 Å². The van der Waals surface area contributed by atoms with Gasteiger partial charge in [-0.1, -0.05) is 12.1 Å². The molecule has 1 N–H and O–H groups in total. The van der Waals surface area contributed by atoms with E-state index in [-0.39, 0.29) is 5.69 Å². The summed E-state index contributed by atoms with van der Waals surface area (Å²) in [6.07, 6.45) is 3.26. The minimum atomic E-state index is -0.761. The number of amides is 1. The summed E-state index contributed by atoms with van der Waals surface area (Å²) in [6, 6.07) is 3.46. The van der Waals surface area contributed by atoms with Crippen LogP contribution in [0, 0.1) is 11.6 Å². The number of halogens is 2.